The minimum absolute atomic E-state index is 0.410. The molecule has 0 radical (unpaired) electrons. The fourth-order valence-corrected chi connectivity index (χ4v) is 2.60. The van der Waals surface area contributed by atoms with Gasteiger partial charge in [0.05, 0.1) is 6.04 Å². The highest BCUT2D eigenvalue weighted by molar-refractivity contribution is 7.99. The summed E-state index contributed by atoms with van der Waals surface area (Å²) in [5.74, 6) is 0.437. The second-order valence-electron chi connectivity index (χ2n) is 3.31. The van der Waals surface area contributed by atoms with Crippen LogP contribution in [0.1, 0.15) is 25.3 Å². The van der Waals surface area contributed by atoms with Crippen LogP contribution >= 0.6 is 11.8 Å². The van der Waals surface area contributed by atoms with Crippen LogP contribution in [0, 0.1) is 0 Å². The van der Waals surface area contributed by atoms with Crippen LogP contribution in [0.2, 0.25) is 0 Å². The van der Waals surface area contributed by atoms with E-state index in [1.807, 2.05) is 11.8 Å². The van der Waals surface area contributed by atoms with Crippen LogP contribution in [-0.2, 0) is 0 Å². The lowest BCUT2D eigenvalue weighted by Crippen LogP contribution is -2.11. The summed E-state index contributed by atoms with van der Waals surface area (Å²) in [6.07, 6.45) is 5.66. The Labute approximate surface area is 81.1 Å². The molecule has 2 atom stereocenters. The maximum atomic E-state index is 5.63. The molecule has 1 aromatic rings. The average molecular weight is 199 g/mol. The van der Waals surface area contributed by atoms with Gasteiger partial charge in [0.1, 0.15) is 0 Å². The van der Waals surface area contributed by atoms with Gasteiger partial charge in [-0.2, -0.15) is 11.8 Å². The molecule has 1 aliphatic carbocycles. The Morgan fingerprint density at radius 1 is 1.54 bits per heavy atom. The van der Waals surface area contributed by atoms with Crippen molar-refractivity contribution in [2.24, 2.45) is 0 Å². The maximum absolute atomic E-state index is 5.63. The summed E-state index contributed by atoms with van der Waals surface area (Å²) in [6, 6.07) is 0.410. The fourth-order valence-electron chi connectivity index (χ4n) is 1.81. The Bertz CT molecular complexity index is 286. The van der Waals surface area contributed by atoms with Crippen molar-refractivity contribution in [1.82, 2.24) is 20.2 Å². The summed E-state index contributed by atoms with van der Waals surface area (Å²) in [5, 5.41) is 11.9. The largest absolute Gasteiger partial charge is 0.367 e. The monoisotopic (exact) mass is 199 g/mol. The lowest BCUT2D eigenvalue weighted by molar-refractivity contribution is 0.461. The van der Waals surface area contributed by atoms with Crippen LogP contribution in [0.4, 0.5) is 5.95 Å². The zero-order chi connectivity index (χ0) is 9.26. The van der Waals surface area contributed by atoms with E-state index in [-0.39, 0.29) is 0 Å². The molecular formula is C7H13N5S. The Hall–Kier alpha value is -0.780. The first-order valence-electron chi connectivity index (χ1n) is 4.37. The highest BCUT2D eigenvalue weighted by Crippen LogP contribution is 2.35. The minimum atomic E-state index is 0.410. The Kier molecular flexibility index (Phi) is 2.39. The van der Waals surface area contributed by atoms with E-state index in [9.17, 15) is 0 Å². The van der Waals surface area contributed by atoms with E-state index in [0.717, 1.165) is 18.1 Å². The van der Waals surface area contributed by atoms with Gasteiger partial charge in [-0.05, 0) is 35.9 Å². The van der Waals surface area contributed by atoms with E-state index in [4.69, 9.17) is 5.73 Å². The zero-order valence-corrected chi connectivity index (χ0v) is 8.37. The molecule has 1 saturated carbocycles. The number of aromatic nitrogens is 4. The summed E-state index contributed by atoms with van der Waals surface area (Å²) in [7, 11) is 0. The molecule has 2 rings (SSSR count). The maximum Gasteiger partial charge on any atom is 0.240 e. The molecule has 0 amide bonds. The first-order chi connectivity index (χ1) is 6.31. The van der Waals surface area contributed by atoms with Crippen LogP contribution in [0.25, 0.3) is 0 Å². The fraction of sp³-hybridized carbons (Fsp3) is 0.857. The SMILES string of the molecule is CSC1CCC(n2nnnc2N)C1. The van der Waals surface area contributed by atoms with Crippen molar-refractivity contribution in [1.29, 1.82) is 0 Å². The third kappa shape index (κ3) is 1.63. The number of hydrogen-bond acceptors (Lipinski definition) is 5. The first-order valence-corrected chi connectivity index (χ1v) is 5.66. The Balaban J connectivity index is 2.08. The zero-order valence-electron chi connectivity index (χ0n) is 7.55. The van der Waals surface area contributed by atoms with Gasteiger partial charge in [0.2, 0.25) is 5.95 Å². The van der Waals surface area contributed by atoms with Crippen molar-refractivity contribution in [2.75, 3.05) is 12.0 Å². The van der Waals surface area contributed by atoms with E-state index < -0.39 is 0 Å². The van der Waals surface area contributed by atoms with Crippen molar-refractivity contribution in [3.63, 3.8) is 0 Å². The second-order valence-corrected chi connectivity index (χ2v) is 4.44. The number of anilines is 1. The second kappa shape index (κ2) is 3.53. The van der Waals surface area contributed by atoms with Crippen LogP contribution in [0.15, 0.2) is 0 Å². The highest BCUT2D eigenvalue weighted by Gasteiger charge is 2.27. The van der Waals surface area contributed by atoms with Crippen LogP contribution in [-0.4, -0.2) is 31.7 Å². The molecule has 6 heteroatoms. The molecule has 0 bridgehead atoms. The van der Waals surface area contributed by atoms with Gasteiger partial charge in [0.15, 0.2) is 0 Å². The molecular weight excluding hydrogens is 186 g/mol. The molecule has 1 heterocycles. The van der Waals surface area contributed by atoms with Gasteiger partial charge >= 0.3 is 0 Å². The van der Waals surface area contributed by atoms with Gasteiger partial charge in [-0.1, -0.05) is 5.10 Å². The molecule has 1 aliphatic rings. The van der Waals surface area contributed by atoms with Crippen LogP contribution in [0.5, 0.6) is 0 Å². The molecule has 72 valence electrons. The molecule has 5 nitrogen and oxygen atoms in total. The number of hydrogen-bond donors (Lipinski definition) is 1. The predicted molar refractivity (Wildman–Crippen MR) is 52.4 cm³/mol. The number of tetrazole rings is 1. The van der Waals surface area contributed by atoms with Gasteiger partial charge in [-0.15, -0.1) is 0 Å². The molecule has 0 aromatic carbocycles. The van der Waals surface area contributed by atoms with Crippen molar-refractivity contribution >= 4 is 17.7 Å². The molecule has 0 saturated heterocycles. The normalized spacial score (nSPS) is 28.1. The van der Waals surface area contributed by atoms with Crippen LogP contribution in [0.3, 0.4) is 0 Å². The van der Waals surface area contributed by atoms with Gasteiger partial charge in [-0.3, -0.25) is 0 Å². The number of thioether (sulfide) groups is 1. The molecule has 1 aromatic heterocycles. The Morgan fingerprint density at radius 3 is 2.92 bits per heavy atom. The van der Waals surface area contributed by atoms with Crippen molar-refractivity contribution < 1.29 is 0 Å². The van der Waals surface area contributed by atoms with E-state index in [1.165, 1.54) is 6.42 Å². The van der Waals surface area contributed by atoms with E-state index in [1.54, 1.807) is 4.68 Å². The molecule has 2 N–H and O–H groups in total. The summed E-state index contributed by atoms with van der Waals surface area (Å²) < 4.78 is 1.75. The number of rotatable bonds is 2. The minimum Gasteiger partial charge on any atom is -0.367 e. The molecule has 0 spiro atoms. The number of nitrogen functional groups attached to an aromatic ring is 1. The van der Waals surface area contributed by atoms with Crippen LogP contribution < -0.4 is 5.73 Å². The first kappa shape index (κ1) is 8.80. The summed E-state index contributed by atoms with van der Waals surface area (Å²) in [5.41, 5.74) is 5.63. The van der Waals surface area contributed by atoms with E-state index >= 15 is 0 Å². The van der Waals surface area contributed by atoms with Crippen molar-refractivity contribution in [3.05, 3.63) is 0 Å². The summed E-state index contributed by atoms with van der Waals surface area (Å²) >= 11 is 1.92. The predicted octanol–water partition coefficient (Wildman–Crippen LogP) is 0.712. The molecule has 1 fully saturated rings. The standard InChI is InChI=1S/C7H13N5S/c1-13-6-3-2-5(4-6)12-7(8)9-10-11-12/h5-6H,2-4H2,1H3,(H2,8,9,11). The topological polar surface area (TPSA) is 69.6 Å². The van der Waals surface area contributed by atoms with Gasteiger partial charge in [0.25, 0.3) is 0 Å². The smallest absolute Gasteiger partial charge is 0.240 e. The third-order valence-corrected chi connectivity index (χ3v) is 3.65. The van der Waals surface area contributed by atoms with Crippen molar-refractivity contribution in [2.45, 2.75) is 30.6 Å². The van der Waals surface area contributed by atoms with E-state index in [2.05, 4.69) is 21.8 Å². The van der Waals surface area contributed by atoms with Crippen molar-refractivity contribution in [3.8, 4) is 0 Å². The highest BCUT2D eigenvalue weighted by atomic mass is 32.2. The van der Waals surface area contributed by atoms with E-state index in [0.29, 0.717) is 12.0 Å². The summed E-state index contributed by atoms with van der Waals surface area (Å²) in [4.78, 5) is 0. The third-order valence-electron chi connectivity index (χ3n) is 2.55. The lowest BCUT2D eigenvalue weighted by Gasteiger charge is -2.09. The number of nitrogens with zero attached hydrogens (tertiary/aromatic N) is 4. The molecule has 2 unspecified atom stereocenters. The molecule has 13 heavy (non-hydrogen) atoms. The van der Waals surface area contributed by atoms with Gasteiger partial charge in [0, 0.05) is 5.25 Å². The van der Waals surface area contributed by atoms with Gasteiger partial charge < -0.3 is 5.73 Å². The summed E-state index contributed by atoms with van der Waals surface area (Å²) in [6.45, 7) is 0. The number of nitrogens with two attached hydrogens (primary N) is 1. The quantitative estimate of drug-likeness (QED) is 0.759. The Morgan fingerprint density at radius 2 is 2.38 bits per heavy atom. The average Bonchev–Trinajstić information content (AvgIpc) is 2.71. The van der Waals surface area contributed by atoms with Gasteiger partial charge in [-0.25, -0.2) is 4.68 Å². The molecule has 0 aliphatic heterocycles. The lowest BCUT2D eigenvalue weighted by atomic mass is 10.3.